The summed E-state index contributed by atoms with van der Waals surface area (Å²) in [7, 11) is 0. The minimum atomic E-state index is 0.709. The molecule has 0 aliphatic heterocycles. The van der Waals surface area contributed by atoms with E-state index >= 15 is 0 Å². The number of hydrogen-bond acceptors (Lipinski definition) is 0. The molecular weight excluding hydrogens is 396 g/mol. The third-order valence-corrected chi connectivity index (χ3v) is 2.98. The maximum absolute atomic E-state index is 2.26. The summed E-state index contributed by atoms with van der Waals surface area (Å²) in [4.78, 5) is 0. The van der Waals surface area contributed by atoms with Crippen molar-refractivity contribution in [2.45, 2.75) is 176 Å². The highest BCUT2D eigenvalue weighted by Crippen LogP contribution is 2.16. The Bertz CT molecular complexity index is 263. The van der Waals surface area contributed by atoms with Gasteiger partial charge in [-0.1, -0.05) is 194 Å². The van der Waals surface area contributed by atoms with Gasteiger partial charge in [-0.15, -0.1) is 0 Å². The van der Waals surface area contributed by atoms with Gasteiger partial charge in [-0.05, 0) is 23.8 Å². The maximum atomic E-state index is 2.26. The first-order chi connectivity index (χ1) is 15.8. The fraction of sp³-hybridized carbons (Fsp3) is 0.818. The third-order valence-electron chi connectivity index (χ3n) is 2.98. The second-order valence-electron chi connectivity index (χ2n) is 7.16. The monoisotopic (exact) mass is 473 g/mol. The fourth-order valence-corrected chi connectivity index (χ4v) is 1.02. The molecule has 1 rings (SSSR count). The average Bonchev–Trinajstić information content (AvgIpc) is 2.89. The lowest BCUT2D eigenvalue weighted by atomic mass is 9.99. The highest BCUT2D eigenvalue weighted by molar-refractivity contribution is 5.18. The minimum absolute atomic E-state index is 0.709. The lowest BCUT2D eigenvalue weighted by Gasteiger charge is -2.06. The molecule has 1 unspecified atom stereocenters. The number of benzene rings is 1. The van der Waals surface area contributed by atoms with Crippen molar-refractivity contribution in [3.8, 4) is 0 Å². The number of hydrogen-bond donors (Lipinski definition) is 0. The molecule has 0 saturated carbocycles. The Morgan fingerprint density at radius 1 is 0.485 bits per heavy atom. The molecule has 0 heteroatoms. The van der Waals surface area contributed by atoms with Crippen LogP contribution >= 0.6 is 0 Å². The smallest absolute Gasteiger partial charge is 0.0193 e. The largest absolute Gasteiger partial charge is 0.0683 e. The summed E-state index contributed by atoms with van der Waals surface area (Å²) in [5.41, 5.74) is 1.45. The molecule has 0 aliphatic rings. The van der Waals surface area contributed by atoms with E-state index < -0.39 is 0 Å². The molecule has 0 heterocycles. The van der Waals surface area contributed by atoms with E-state index in [0.717, 1.165) is 5.92 Å². The van der Waals surface area contributed by atoms with Crippen LogP contribution in [0.1, 0.15) is 182 Å². The van der Waals surface area contributed by atoms with Gasteiger partial charge in [-0.25, -0.2) is 0 Å². The van der Waals surface area contributed by atoms with E-state index in [1.54, 1.807) is 0 Å². The van der Waals surface area contributed by atoms with Crippen molar-refractivity contribution in [2.24, 2.45) is 5.92 Å². The first kappa shape index (κ1) is 53.5. The molecule has 0 amide bonds. The summed E-state index contributed by atoms with van der Waals surface area (Å²) in [6.07, 6.45) is 7.75. The summed E-state index contributed by atoms with van der Waals surface area (Å²) in [6.45, 7) is 40.0. The van der Waals surface area contributed by atoms with Gasteiger partial charge in [-0.3, -0.25) is 0 Å². The normalized spacial score (nSPS) is 8.12. The summed E-state index contributed by atoms with van der Waals surface area (Å²) in [5.74, 6) is 1.54. The number of rotatable bonds is 4. The Morgan fingerprint density at radius 2 is 0.697 bits per heavy atom. The van der Waals surface area contributed by atoms with Crippen LogP contribution in [-0.2, 0) is 0 Å². The van der Waals surface area contributed by atoms with E-state index in [1.165, 1.54) is 44.1 Å². The van der Waals surface area contributed by atoms with Crippen molar-refractivity contribution in [3.05, 3.63) is 35.9 Å². The highest BCUT2D eigenvalue weighted by atomic mass is 14.0. The lowest BCUT2D eigenvalue weighted by Crippen LogP contribution is -1.88. The van der Waals surface area contributed by atoms with Crippen LogP contribution in [0.4, 0.5) is 0 Å². The van der Waals surface area contributed by atoms with Crippen LogP contribution in [0, 0.1) is 5.92 Å². The van der Waals surface area contributed by atoms with Crippen molar-refractivity contribution in [2.75, 3.05) is 0 Å². The standard InChI is InChI=1S/C10H14.3C4H10.C3H8.4C2H6/c1-3-9(2)10-7-5-4-6-8-10;1-4(2)3;2*1-3-4-2;1-3-2;4*1-2/h4-9H,3H2,1-2H3;4H,1-3H3;2*3-4H2,1-2H3;3H2,1-2H3;4*1-2H3. The second kappa shape index (κ2) is 77.2. The van der Waals surface area contributed by atoms with Crippen LogP contribution in [0.5, 0.6) is 0 Å². The highest BCUT2D eigenvalue weighted by Gasteiger charge is 1.98. The maximum Gasteiger partial charge on any atom is -0.0193 e. The number of unbranched alkanes of at least 4 members (excludes halogenated alkanes) is 2. The van der Waals surface area contributed by atoms with Gasteiger partial charge in [0.1, 0.15) is 0 Å². The SMILES string of the molecule is CC.CC.CC.CC.CC(C)C.CCC.CCC(C)c1ccccc1.CCCC.CCCC. The average molecular weight is 473 g/mol. The van der Waals surface area contributed by atoms with Crippen LogP contribution in [-0.4, -0.2) is 0 Å². The van der Waals surface area contributed by atoms with Crippen molar-refractivity contribution in [3.63, 3.8) is 0 Å². The minimum Gasteiger partial charge on any atom is -0.0683 e. The molecule has 1 atom stereocenters. The molecular formula is C33H76. The zero-order chi connectivity index (χ0) is 28.5. The third kappa shape index (κ3) is 115. The first-order valence-electron chi connectivity index (χ1n) is 14.9. The molecule has 0 aromatic heterocycles. The van der Waals surface area contributed by atoms with E-state index in [2.05, 4.69) is 106 Å². The van der Waals surface area contributed by atoms with Gasteiger partial charge in [-0.2, -0.15) is 0 Å². The predicted molar refractivity (Wildman–Crippen MR) is 168 cm³/mol. The van der Waals surface area contributed by atoms with Gasteiger partial charge < -0.3 is 0 Å². The molecule has 1 aromatic carbocycles. The molecule has 0 bridgehead atoms. The Kier molecular flexibility index (Phi) is 125. The van der Waals surface area contributed by atoms with E-state index in [9.17, 15) is 0 Å². The molecule has 0 N–H and O–H groups in total. The molecule has 0 spiro atoms. The summed E-state index contributed by atoms with van der Waals surface area (Å²) < 4.78 is 0. The van der Waals surface area contributed by atoms with Gasteiger partial charge in [0.15, 0.2) is 0 Å². The molecule has 0 saturated heterocycles. The topological polar surface area (TPSA) is 0 Å². The van der Waals surface area contributed by atoms with Crippen LogP contribution in [0.2, 0.25) is 0 Å². The Balaban J connectivity index is -0.0000000392. The van der Waals surface area contributed by atoms with E-state index in [-0.39, 0.29) is 0 Å². The van der Waals surface area contributed by atoms with Gasteiger partial charge >= 0.3 is 0 Å². The molecule has 0 fully saturated rings. The molecule has 33 heavy (non-hydrogen) atoms. The van der Waals surface area contributed by atoms with E-state index in [4.69, 9.17) is 0 Å². The summed E-state index contributed by atoms with van der Waals surface area (Å²) in [6, 6.07) is 10.6. The quantitative estimate of drug-likeness (QED) is 0.408. The second-order valence-corrected chi connectivity index (χ2v) is 7.16. The zero-order valence-electron chi connectivity index (χ0n) is 27.8. The van der Waals surface area contributed by atoms with E-state index in [1.807, 2.05) is 55.4 Å². The molecule has 0 nitrogen and oxygen atoms in total. The van der Waals surface area contributed by atoms with Crippen molar-refractivity contribution in [1.29, 1.82) is 0 Å². The van der Waals surface area contributed by atoms with Crippen molar-refractivity contribution >= 4 is 0 Å². The summed E-state index contributed by atoms with van der Waals surface area (Å²) in [5, 5.41) is 0. The van der Waals surface area contributed by atoms with Gasteiger partial charge in [0.05, 0.1) is 0 Å². The van der Waals surface area contributed by atoms with Gasteiger partial charge in [0.25, 0.3) is 0 Å². The summed E-state index contributed by atoms with van der Waals surface area (Å²) >= 11 is 0. The van der Waals surface area contributed by atoms with Crippen LogP contribution in [0.25, 0.3) is 0 Å². The molecule has 208 valence electrons. The lowest BCUT2D eigenvalue weighted by molar-refractivity contribution is 0.733. The van der Waals surface area contributed by atoms with Crippen molar-refractivity contribution in [1.82, 2.24) is 0 Å². The predicted octanol–water partition coefficient (Wildman–Crippen LogP) is 14.0. The Labute approximate surface area is 217 Å². The molecule has 0 radical (unpaired) electrons. The first-order valence-corrected chi connectivity index (χ1v) is 14.9. The van der Waals surface area contributed by atoms with Crippen LogP contribution in [0.3, 0.4) is 0 Å². The fourth-order valence-electron chi connectivity index (χ4n) is 1.02. The van der Waals surface area contributed by atoms with Crippen LogP contribution in [0.15, 0.2) is 30.3 Å². The van der Waals surface area contributed by atoms with Crippen molar-refractivity contribution < 1.29 is 0 Å². The Morgan fingerprint density at radius 3 is 0.848 bits per heavy atom. The molecule has 0 aliphatic carbocycles. The van der Waals surface area contributed by atoms with Gasteiger partial charge in [0.2, 0.25) is 0 Å². The van der Waals surface area contributed by atoms with Crippen LogP contribution < -0.4 is 0 Å². The van der Waals surface area contributed by atoms with E-state index in [0.29, 0.717) is 5.92 Å². The van der Waals surface area contributed by atoms with Gasteiger partial charge in [0, 0.05) is 0 Å². The zero-order valence-corrected chi connectivity index (χ0v) is 27.8. The Hall–Kier alpha value is -0.780. The molecule has 1 aromatic rings.